The van der Waals surface area contributed by atoms with E-state index in [4.69, 9.17) is 16.3 Å². The highest BCUT2D eigenvalue weighted by atomic mass is 35.5. The van der Waals surface area contributed by atoms with E-state index in [0.29, 0.717) is 32.5 Å². The van der Waals surface area contributed by atoms with Crippen LogP contribution in [0.15, 0.2) is 30.3 Å². The number of rotatable bonds is 6. The number of carbonyl (C=O) groups is 1. The van der Waals surface area contributed by atoms with Crippen molar-refractivity contribution in [3.05, 3.63) is 63.4 Å². The molecule has 2 aromatic carbocycles. The maximum absolute atomic E-state index is 14.3. The molecule has 0 atom stereocenters. The molecular formula is C23H22ClF4NO3. The zero-order valence-electron chi connectivity index (χ0n) is 17.1. The summed E-state index contributed by atoms with van der Waals surface area (Å²) >= 11 is 5.66. The Morgan fingerprint density at radius 2 is 1.81 bits per heavy atom. The normalized spacial score (nSPS) is 18.0. The van der Waals surface area contributed by atoms with E-state index < -0.39 is 23.5 Å². The average molecular weight is 472 g/mol. The maximum atomic E-state index is 14.3. The number of nitrogens with zero attached hydrogens (tertiary/aromatic N) is 1. The first-order chi connectivity index (χ1) is 15.1. The zero-order valence-corrected chi connectivity index (χ0v) is 17.8. The van der Waals surface area contributed by atoms with Crippen molar-refractivity contribution in [1.82, 2.24) is 4.90 Å². The molecular weight excluding hydrogens is 450 g/mol. The lowest BCUT2D eigenvalue weighted by Crippen LogP contribution is -2.38. The molecule has 0 spiro atoms. The fourth-order valence-corrected chi connectivity index (χ4v) is 4.34. The van der Waals surface area contributed by atoms with Gasteiger partial charge in [0.1, 0.15) is 17.7 Å². The van der Waals surface area contributed by atoms with Crippen LogP contribution in [0.5, 0.6) is 5.75 Å². The zero-order chi connectivity index (χ0) is 23.0. The quantitative estimate of drug-likeness (QED) is 0.516. The van der Waals surface area contributed by atoms with Gasteiger partial charge in [-0.2, -0.15) is 13.2 Å². The van der Waals surface area contributed by atoms with Crippen molar-refractivity contribution in [3.8, 4) is 5.75 Å². The highest BCUT2D eigenvalue weighted by Gasteiger charge is 2.34. The SMILES string of the molecule is O=C(O)c1cc(C2CC2)c(CN2CCC(Oc3ccc(Cl)c(C(F)(F)F)c3)CC2)cc1F. The lowest BCUT2D eigenvalue weighted by atomic mass is 9.98. The third kappa shape index (κ3) is 5.18. The number of ether oxygens (including phenoxy) is 1. The summed E-state index contributed by atoms with van der Waals surface area (Å²) in [5.74, 6) is -1.61. The standard InChI is InChI=1S/C23H22ClF4NO3/c24-20-4-3-16(10-19(20)23(26,27)28)32-15-5-7-29(8-6-15)12-14-9-21(25)18(22(30)31)11-17(14)13-1-2-13/h3-4,9-11,13,15H,1-2,5-8,12H2,(H,30,31). The second-order valence-electron chi connectivity index (χ2n) is 8.34. The molecule has 1 aliphatic carbocycles. The summed E-state index contributed by atoms with van der Waals surface area (Å²) in [6, 6.07) is 6.32. The molecule has 1 N–H and O–H groups in total. The van der Waals surface area contributed by atoms with E-state index in [1.54, 1.807) is 0 Å². The van der Waals surface area contributed by atoms with E-state index >= 15 is 0 Å². The number of carboxylic acids is 1. The van der Waals surface area contributed by atoms with E-state index in [9.17, 15) is 27.5 Å². The number of aromatic carboxylic acids is 1. The largest absolute Gasteiger partial charge is 0.490 e. The van der Waals surface area contributed by atoms with Crippen molar-refractivity contribution in [2.45, 2.75) is 50.4 Å². The van der Waals surface area contributed by atoms with E-state index in [2.05, 4.69) is 4.90 Å². The van der Waals surface area contributed by atoms with Crippen LogP contribution < -0.4 is 4.74 Å². The molecule has 32 heavy (non-hydrogen) atoms. The minimum absolute atomic E-state index is 0.127. The molecule has 172 valence electrons. The van der Waals surface area contributed by atoms with Crippen LogP contribution in [0, 0.1) is 5.82 Å². The predicted octanol–water partition coefficient (Wildman–Crippen LogP) is 6.12. The molecule has 2 aromatic rings. The summed E-state index contributed by atoms with van der Waals surface area (Å²) < 4.78 is 59.2. The number of piperidine rings is 1. The van der Waals surface area contributed by atoms with Gasteiger partial charge in [0.05, 0.1) is 16.1 Å². The van der Waals surface area contributed by atoms with E-state index in [0.717, 1.165) is 30.0 Å². The second kappa shape index (κ2) is 8.90. The monoisotopic (exact) mass is 471 g/mol. The van der Waals surface area contributed by atoms with Crippen molar-refractivity contribution in [2.75, 3.05) is 13.1 Å². The summed E-state index contributed by atoms with van der Waals surface area (Å²) in [6.45, 7) is 1.77. The highest BCUT2D eigenvalue weighted by molar-refractivity contribution is 6.31. The number of likely N-dealkylation sites (tertiary alicyclic amines) is 1. The van der Waals surface area contributed by atoms with Crippen LogP contribution in [0.3, 0.4) is 0 Å². The highest BCUT2D eigenvalue weighted by Crippen LogP contribution is 2.43. The third-order valence-corrected chi connectivity index (χ3v) is 6.28. The fourth-order valence-electron chi connectivity index (χ4n) is 4.12. The maximum Gasteiger partial charge on any atom is 0.417 e. The number of benzene rings is 2. The smallest absolute Gasteiger partial charge is 0.417 e. The average Bonchev–Trinajstić information content (AvgIpc) is 3.55. The van der Waals surface area contributed by atoms with Crippen molar-refractivity contribution < 1.29 is 32.2 Å². The van der Waals surface area contributed by atoms with Crippen LogP contribution in [-0.2, 0) is 12.7 Å². The lowest BCUT2D eigenvalue weighted by molar-refractivity contribution is -0.137. The van der Waals surface area contributed by atoms with Gasteiger partial charge in [-0.25, -0.2) is 9.18 Å². The minimum Gasteiger partial charge on any atom is -0.490 e. The molecule has 1 aliphatic heterocycles. The molecule has 0 bridgehead atoms. The molecule has 4 nitrogen and oxygen atoms in total. The Morgan fingerprint density at radius 3 is 2.41 bits per heavy atom. The van der Waals surface area contributed by atoms with Gasteiger partial charge in [-0.05, 0) is 73.1 Å². The first kappa shape index (κ1) is 22.9. The number of carboxylic acid groups (broad SMARTS) is 1. The molecule has 9 heteroatoms. The van der Waals surface area contributed by atoms with Crippen LogP contribution in [-0.4, -0.2) is 35.2 Å². The van der Waals surface area contributed by atoms with Crippen molar-refractivity contribution in [2.24, 2.45) is 0 Å². The van der Waals surface area contributed by atoms with E-state index in [1.165, 1.54) is 24.3 Å². The molecule has 0 unspecified atom stereocenters. The van der Waals surface area contributed by atoms with Crippen molar-refractivity contribution in [1.29, 1.82) is 0 Å². The topological polar surface area (TPSA) is 49.8 Å². The van der Waals surface area contributed by atoms with Gasteiger partial charge in [0.15, 0.2) is 0 Å². The van der Waals surface area contributed by atoms with Gasteiger partial charge in [-0.1, -0.05) is 11.6 Å². The number of halogens is 5. The molecule has 0 aromatic heterocycles. The van der Waals surface area contributed by atoms with Gasteiger partial charge in [0.25, 0.3) is 0 Å². The summed E-state index contributed by atoms with van der Waals surface area (Å²) in [5, 5.41) is 8.83. The Hall–Kier alpha value is -2.32. The van der Waals surface area contributed by atoms with Gasteiger partial charge in [-0.15, -0.1) is 0 Å². The van der Waals surface area contributed by atoms with Gasteiger partial charge in [0, 0.05) is 19.6 Å². The third-order valence-electron chi connectivity index (χ3n) is 5.95. The summed E-state index contributed by atoms with van der Waals surface area (Å²) in [7, 11) is 0. The Kier molecular flexibility index (Phi) is 6.36. The summed E-state index contributed by atoms with van der Waals surface area (Å²) in [5.41, 5.74) is 0.461. The second-order valence-corrected chi connectivity index (χ2v) is 8.75. The van der Waals surface area contributed by atoms with Crippen LogP contribution in [0.4, 0.5) is 17.6 Å². The molecule has 4 rings (SSSR count). The van der Waals surface area contributed by atoms with Gasteiger partial charge < -0.3 is 9.84 Å². The molecule has 1 saturated heterocycles. The Bertz CT molecular complexity index is 1020. The minimum atomic E-state index is -4.55. The van der Waals surface area contributed by atoms with Crippen LogP contribution in [0.2, 0.25) is 5.02 Å². The number of hydrogen-bond donors (Lipinski definition) is 1. The van der Waals surface area contributed by atoms with E-state index in [-0.39, 0.29) is 28.4 Å². The molecule has 2 aliphatic rings. The van der Waals surface area contributed by atoms with E-state index in [1.807, 2.05) is 0 Å². The van der Waals surface area contributed by atoms with Crippen molar-refractivity contribution >= 4 is 17.6 Å². The number of alkyl halides is 3. The van der Waals surface area contributed by atoms with Gasteiger partial charge in [0.2, 0.25) is 0 Å². The van der Waals surface area contributed by atoms with Gasteiger partial charge in [-0.3, -0.25) is 4.90 Å². The first-order valence-electron chi connectivity index (χ1n) is 10.4. The molecule has 0 amide bonds. The lowest BCUT2D eigenvalue weighted by Gasteiger charge is -2.32. The van der Waals surface area contributed by atoms with Crippen LogP contribution in [0.1, 0.15) is 58.6 Å². The fraction of sp³-hybridized carbons (Fsp3) is 0.435. The Labute approximate surface area is 187 Å². The predicted molar refractivity (Wildman–Crippen MR) is 111 cm³/mol. The summed E-state index contributed by atoms with van der Waals surface area (Å²) in [6.07, 6.45) is -1.63. The van der Waals surface area contributed by atoms with Gasteiger partial charge >= 0.3 is 12.1 Å². The van der Waals surface area contributed by atoms with Crippen LogP contribution >= 0.6 is 11.6 Å². The molecule has 1 saturated carbocycles. The Balaban J connectivity index is 1.39. The number of hydrogen-bond acceptors (Lipinski definition) is 3. The van der Waals surface area contributed by atoms with Crippen LogP contribution in [0.25, 0.3) is 0 Å². The summed E-state index contributed by atoms with van der Waals surface area (Å²) in [4.78, 5) is 13.4. The Morgan fingerprint density at radius 1 is 1.12 bits per heavy atom. The molecule has 2 fully saturated rings. The first-order valence-corrected chi connectivity index (χ1v) is 10.8. The molecule has 1 heterocycles. The van der Waals surface area contributed by atoms with Crippen molar-refractivity contribution in [3.63, 3.8) is 0 Å². The molecule has 0 radical (unpaired) electrons.